The largest absolute Gasteiger partial charge is 0.454 e. The van der Waals surface area contributed by atoms with Gasteiger partial charge in [-0.15, -0.1) is 0 Å². The number of rotatable bonds is 4. The maximum Gasteiger partial charge on any atom is 0.270 e. The van der Waals surface area contributed by atoms with Crippen LogP contribution in [0.5, 0.6) is 11.5 Å². The Labute approximate surface area is 172 Å². The second-order valence-electron chi connectivity index (χ2n) is 7.13. The van der Waals surface area contributed by atoms with Crippen LogP contribution in [0.1, 0.15) is 22.5 Å². The first kappa shape index (κ1) is 19.8. The van der Waals surface area contributed by atoms with Gasteiger partial charge in [0.15, 0.2) is 11.6 Å². The van der Waals surface area contributed by atoms with Gasteiger partial charge in [-0.1, -0.05) is 6.07 Å². The molecule has 1 aliphatic heterocycles. The summed E-state index contributed by atoms with van der Waals surface area (Å²) in [6.45, 7) is 0.618. The molecule has 0 aliphatic carbocycles. The molecule has 3 heterocycles. The molecule has 0 saturated carbocycles. The molecule has 3 aromatic rings. The molecule has 0 spiro atoms. The summed E-state index contributed by atoms with van der Waals surface area (Å²) in [6.07, 6.45) is 4.74. The van der Waals surface area contributed by atoms with E-state index in [1.165, 1.54) is 24.4 Å². The summed E-state index contributed by atoms with van der Waals surface area (Å²) < 4.78 is 32.3. The summed E-state index contributed by atoms with van der Waals surface area (Å²) in [5.74, 6) is -0.853. The highest BCUT2D eigenvalue weighted by molar-refractivity contribution is 5.92. The van der Waals surface area contributed by atoms with Crippen molar-refractivity contribution in [2.75, 3.05) is 18.5 Å². The molecule has 1 aromatic carbocycles. The third-order valence-corrected chi connectivity index (χ3v) is 4.91. The van der Waals surface area contributed by atoms with Gasteiger partial charge in [0.05, 0.1) is 0 Å². The van der Waals surface area contributed by atoms with E-state index in [0.29, 0.717) is 6.54 Å². The van der Waals surface area contributed by atoms with E-state index in [4.69, 9.17) is 4.74 Å². The molecule has 8 heteroatoms. The highest BCUT2D eigenvalue weighted by Crippen LogP contribution is 2.25. The number of hydrogen-bond donors (Lipinski definition) is 1. The number of anilines is 1. The third kappa shape index (κ3) is 4.37. The molecular formula is C22H20F2N4O2. The summed E-state index contributed by atoms with van der Waals surface area (Å²) in [5, 5.41) is 3.00. The highest BCUT2D eigenvalue weighted by atomic mass is 19.1. The molecule has 1 N–H and O–H groups in total. The number of likely N-dealkylation sites (N-methyl/N-ethyl adjacent to an activating group) is 1. The standard InChI is InChI=1S/C22H20F2N4O2/c1-28-13-16(6-4-14-3-2-9-26-21(14)28)27-22(29)19-12-17(8-10-25-19)30-20-7-5-15(23)11-18(20)24/h2-3,5,7-12,16H,4,6,13H2,1H3,(H,27,29)/t16-/m1/s1. The predicted octanol–water partition coefficient (Wildman–Crippen LogP) is 3.73. The number of aryl methyl sites for hydroxylation is 1. The molecule has 30 heavy (non-hydrogen) atoms. The van der Waals surface area contributed by atoms with Crippen LogP contribution in [-0.4, -0.2) is 35.5 Å². The SMILES string of the molecule is CN1C[C@H](NC(=O)c2cc(Oc3ccc(F)cc3F)ccn2)CCc2cccnc21. The number of halogens is 2. The topological polar surface area (TPSA) is 67.4 Å². The third-order valence-electron chi connectivity index (χ3n) is 4.91. The van der Waals surface area contributed by atoms with Crippen molar-refractivity contribution in [1.82, 2.24) is 15.3 Å². The van der Waals surface area contributed by atoms with Crippen molar-refractivity contribution < 1.29 is 18.3 Å². The summed E-state index contributed by atoms with van der Waals surface area (Å²) in [5.41, 5.74) is 1.30. The maximum absolute atomic E-state index is 13.8. The number of amides is 1. The predicted molar refractivity (Wildman–Crippen MR) is 108 cm³/mol. The van der Waals surface area contributed by atoms with Gasteiger partial charge in [-0.3, -0.25) is 9.78 Å². The molecule has 0 fully saturated rings. The molecule has 1 amide bonds. The average Bonchev–Trinajstić information content (AvgIpc) is 2.89. The van der Waals surface area contributed by atoms with Gasteiger partial charge >= 0.3 is 0 Å². The molecule has 1 atom stereocenters. The minimum Gasteiger partial charge on any atom is -0.454 e. The minimum atomic E-state index is -0.826. The molecule has 2 aromatic heterocycles. The Morgan fingerprint density at radius 3 is 2.87 bits per heavy atom. The molecule has 0 saturated heterocycles. The number of nitrogens with one attached hydrogen (secondary N) is 1. The Morgan fingerprint density at radius 1 is 1.17 bits per heavy atom. The summed E-state index contributed by atoms with van der Waals surface area (Å²) in [4.78, 5) is 23.3. The number of carbonyl (C=O) groups excluding carboxylic acids is 1. The van der Waals surface area contributed by atoms with Gasteiger partial charge < -0.3 is 15.0 Å². The van der Waals surface area contributed by atoms with Crippen LogP contribution < -0.4 is 15.0 Å². The fourth-order valence-corrected chi connectivity index (χ4v) is 3.47. The second-order valence-corrected chi connectivity index (χ2v) is 7.13. The summed E-state index contributed by atoms with van der Waals surface area (Å²) in [6, 6.07) is 9.82. The number of aromatic nitrogens is 2. The van der Waals surface area contributed by atoms with Crippen LogP contribution in [0.15, 0.2) is 54.9 Å². The Morgan fingerprint density at radius 2 is 2.03 bits per heavy atom. The van der Waals surface area contributed by atoms with Crippen molar-refractivity contribution in [3.8, 4) is 11.5 Å². The zero-order chi connectivity index (χ0) is 21.1. The quantitative estimate of drug-likeness (QED) is 0.710. The number of hydrogen-bond acceptors (Lipinski definition) is 5. The molecule has 4 rings (SSSR count). The lowest BCUT2D eigenvalue weighted by atomic mass is 10.1. The number of nitrogens with zero attached hydrogens (tertiary/aromatic N) is 3. The van der Waals surface area contributed by atoms with Crippen LogP contribution in [0.4, 0.5) is 14.6 Å². The van der Waals surface area contributed by atoms with Crippen molar-refractivity contribution in [1.29, 1.82) is 0 Å². The minimum absolute atomic E-state index is 0.0855. The van der Waals surface area contributed by atoms with E-state index in [0.717, 1.165) is 36.4 Å². The van der Waals surface area contributed by atoms with Crippen molar-refractivity contribution >= 4 is 11.7 Å². The van der Waals surface area contributed by atoms with Gasteiger partial charge in [0.2, 0.25) is 0 Å². The highest BCUT2D eigenvalue weighted by Gasteiger charge is 2.22. The fraction of sp³-hybridized carbons (Fsp3) is 0.227. The number of pyridine rings is 2. The van der Waals surface area contributed by atoms with E-state index in [9.17, 15) is 13.6 Å². The molecule has 6 nitrogen and oxygen atoms in total. The molecule has 0 unspecified atom stereocenters. The number of carbonyl (C=O) groups is 1. The molecular weight excluding hydrogens is 390 g/mol. The molecule has 0 bridgehead atoms. The summed E-state index contributed by atoms with van der Waals surface area (Å²) >= 11 is 0. The number of ether oxygens (including phenoxy) is 1. The molecule has 1 aliphatic rings. The number of benzene rings is 1. The monoisotopic (exact) mass is 410 g/mol. The van der Waals surface area contributed by atoms with E-state index in [1.54, 1.807) is 6.20 Å². The molecule has 0 radical (unpaired) electrons. The lowest BCUT2D eigenvalue weighted by molar-refractivity contribution is 0.0931. The Bertz CT molecular complexity index is 1080. The first-order valence-electron chi connectivity index (χ1n) is 9.54. The first-order chi connectivity index (χ1) is 14.5. The lowest BCUT2D eigenvalue weighted by Gasteiger charge is -2.23. The van der Waals surface area contributed by atoms with Crippen LogP contribution >= 0.6 is 0 Å². The van der Waals surface area contributed by atoms with Gasteiger partial charge in [0.25, 0.3) is 5.91 Å². The van der Waals surface area contributed by atoms with Gasteiger partial charge in [0.1, 0.15) is 23.1 Å². The number of fused-ring (bicyclic) bond motifs is 1. The Kier molecular flexibility index (Phi) is 5.56. The Hall–Kier alpha value is -3.55. The van der Waals surface area contributed by atoms with E-state index in [2.05, 4.69) is 15.3 Å². The van der Waals surface area contributed by atoms with E-state index < -0.39 is 11.6 Å². The van der Waals surface area contributed by atoms with Crippen LogP contribution in [0.25, 0.3) is 0 Å². The van der Waals surface area contributed by atoms with E-state index in [1.807, 2.05) is 24.1 Å². The first-order valence-corrected chi connectivity index (χ1v) is 9.54. The molecule has 154 valence electrons. The van der Waals surface area contributed by atoms with Crippen LogP contribution in [0.3, 0.4) is 0 Å². The van der Waals surface area contributed by atoms with Gasteiger partial charge in [0, 0.05) is 44.2 Å². The van der Waals surface area contributed by atoms with Gasteiger partial charge in [-0.2, -0.15) is 0 Å². The normalized spacial score (nSPS) is 15.8. The van der Waals surface area contributed by atoms with Crippen molar-refractivity contribution in [3.63, 3.8) is 0 Å². The van der Waals surface area contributed by atoms with Gasteiger partial charge in [-0.05, 0) is 42.7 Å². The van der Waals surface area contributed by atoms with Crippen molar-refractivity contribution in [3.05, 3.63) is 77.8 Å². The zero-order valence-electron chi connectivity index (χ0n) is 16.3. The van der Waals surface area contributed by atoms with Crippen LogP contribution in [-0.2, 0) is 6.42 Å². The summed E-state index contributed by atoms with van der Waals surface area (Å²) in [7, 11) is 1.94. The van der Waals surface area contributed by atoms with Gasteiger partial charge in [-0.25, -0.2) is 13.8 Å². The van der Waals surface area contributed by atoms with E-state index in [-0.39, 0.29) is 29.1 Å². The smallest absolute Gasteiger partial charge is 0.270 e. The van der Waals surface area contributed by atoms with Crippen LogP contribution in [0.2, 0.25) is 0 Å². The Balaban J connectivity index is 1.45. The lowest BCUT2D eigenvalue weighted by Crippen LogP contribution is -2.42. The average molecular weight is 410 g/mol. The van der Waals surface area contributed by atoms with Crippen molar-refractivity contribution in [2.45, 2.75) is 18.9 Å². The van der Waals surface area contributed by atoms with E-state index >= 15 is 0 Å². The zero-order valence-corrected chi connectivity index (χ0v) is 16.3. The maximum atomic E-state index is 13.8. The van der Waals surface area contributed by atoms with Crippen LogP contribution in [0, 0.1) is 11.6 Å². The second kappa shape index (κ2) is 8.44. The fourth-order valence-electron chi connectivity index (χ4n) is 3.47. The van der Waals surface area contributed by atoms with Crippen molar-refractivity contribution in [2.24, 2.45) is 0 Å².